The van der Waals surface area contributed by atoms with E-state index in [4.69, 9.17) is 0 Å². The fraction of sp³-hybridized carbons (Fsp3) is 0.533. The van der Waals surface area contributed by atoms with Crippen molar-refractivity contribution in [2.24, 2.45) is 0 Å². The highest BCUT2D eigenvalue weighted by Gasteiger charge is 2.28. The van der Waals surface area contributed by atoms with Crippen LogP contribution in [-0.2, 0) is 0 Å². The molecule has 0 spiro atoms. The monoisotopic (exact) mass is 521 g/mol. The normalized spacial score (nSPS) is 11.1. The van der Waals surface area contributed by atoms with Gasteiger partial charge in [-0.2, -0.15) is 0 Å². The number of hydrogen-bond donors (Lipinski definition) is 0. The lowest BCUT2D eigenvalue weighted by atomic mass is 10.0. The van der Waals surface area contributed by atoms with Gasteiger partial charge in [0.1, 0.15) is 23.3 Å². The number of nitrogens with zero attached hydrogens (tertiary/aromatic N) is 1. The predicted molar refractivity (Wildman–Crippen MR) is 138 cm³/mol. The number of imide groups is 1. The minimum absolute atomic E-state index is 0.0523. The fourth-order valence-electron chi connectivity index (χ4n) is 4.38. The third kappa shape index (κ3) is 10.7. The van der Waals surface area contributed by atoms with Gasteiger partial charge in [0.05, 0.1) is 11.1 Å². The quantitative estimate of drug-likeness (QED) is 0.118. The summed E-state index contributed by atoms with van der Waals surface area (Å²) in [5.74, 6) is -5.90. The van der Waals surface area contributed by atoms with E-state index < -0.39 is 46.2 Å². The first-order chi connectivity index (χ1) is 17.8. The van der Waals surface area contributed by atoms with E-state index in [1.54, 1.807) is 0 Å². The molecule has 0 aliphatic carbocycles. The molecule has 204 valence electrons. The van der Waals surface area contributed by atoms with Crippen LogP contribution in [0.25, 0.3) is 0 Å². The summed E-state index contributed by atoms with van der Waals surface area (Å²) < 4.78 is 55.1. The number of unbranched alkanes of at least 4 members (excludes halogenated alkanes) is 13. The van der Waals surface area contributed by atoms with Crippen molar-refractivity contribution < 1.29 is 27.2 Å². The summed E-state index contributed by atoms with van der Waals surface area (Å²) in [6, 6.07) is 4.87. The molecule has 0 heterocycles. The third-order valence-electron chi connectivity index (χ3n) is 6.55. The van der Waals surface area contributed by atoms with Crippen LogP contribution in [-0.4, -0.2) is 23.3 Å². The van der Waals surface area contributed by atoms with Crippen LogP contribution >= 0.6 is 0 Å². The molecule has 7 heteroatoms. The van der Waals surface area contributed by atoms with Gasteiger partial charge in [-0.1, -0.05) is 90.4 Å². The van der Waals surface area contributed by atoms with Crippen molar-refractivity contribution >= 4 is 11.8 Å². The molecule has 0 radical (unpaired) electrons. The van der Waals surface area contributed by atoms with Crippen molar-refractivity contribution in [2.45, 2.75) is 96.8 Å². The molecule has 0 aromatic heterocycles. The second-order valence-corrected chi connectivity index (χ2v) is 9.61. The van der Waals surface area contributed by atoms with Crippen molar-refractivity contribution in [3.63, 3.8) is 0 Å². The molecule has 2 aromatic rings. The molecule has 0 aliphatic rings. The number of amides is 2. The molecule has 37 heavy (non-hydrogen) atoms. The second kappa shape index (κ2) is 16.9. The first-order valence-electron chi connectivity index (χ1n) is 13.6. The summed E-state index contributed by atoms with van der Waals surface area (Å²) in [7, 11) is 0. The minimum Gasteiger partial charge on any atom is -0.274 e. The maximum atomic E-state index is 14.2. The van der Waals surface area contributed by atoms with E-state index in [0.717, 1.165) is 54.8 Å². The van der Waals surface area contributed by atoms with E-state index in [1.807, 2.05) is 0 Å². The molecule has 0 bridgehead atoms. The van der Waals surface area contributed by atoms with Crippen molar-refractivity contribution in [3.8, 4) is 0 Å². The number of hydrogen-bond acceptors (Lipinski definition) is 2. The topological polar surface area (TPSA) is 37.4 Å². The average Bonchev–Trinajstić information content (AvgIpc) is 2.86. The van der Waals surface area contributed by atoms with E-state index in [0.29, 0.717) is 18.6 Å². The highest BCUT2D eigenvalue weighted by atomic mass is 19.1. The smallest absolute Gasteiger partial charge is 0.263 e. The molecular formula is C30H39F4NO2. The van der Waals surface area contributed by atoms with Gasteiger partial charge in [-0.25, -0.2) is 17.6 Å². The molecular weight excluding hydrogens is 482 g/mol. The first kappa shape index (κ1) is 30.5. The van der Waals surface area contributed by atoms with Gasteiger partial charge >= 0.3 is 0 Å². The summed E-state index contributed by atoms with van der Waals surface area (Å²) in [5, 5.41) is 0. The van der Waals surface area contributed by atoms with Crippen LogP contribution in [0.2, 0.25) is 0 Å². The van der Waals surface area contributed by atoms with E-state index >= 15 is 0 Å². The Morgan fingerprint density at radius 2 is 0.919 bits per heavy atom. The average molecular weight is 522 g/mol. The van der Waals surface area contributed by atoms with E-state index in [9.17, 15) is 27.2 Å². The number of rotatable bonds is 17. The molecule has 3 nitrogen and oxygen atoms in total. The molecule has 2 aromatic carbocycles. The van der Waals surface area contributed by atoms with Gasteiger partial charge in [0.15, 0.2) is 0 Å². The fourth-order valence-corrected chi connectivity index (χ4v) is 4.38. The standard InChI is InChI=1S/C30H39F4NO2/c1-2-3-4-5-6-7-8-9-10-11-12-13-14-15-20-35(29(36)25-18-16-23(31)21-27(25)33)30(37)26-19-17-24(32)22-28(26)34/h16-19,21-22H,2-15,20H2,1H3. The van der Waals surface area contributed by atoms with Crippen molar-refractivity contribution in [3.05, 3.63) is 70.8 Å². The van der Waals surface area contributed by atoms with Crippen LogP contribution in [0.1, 0.15) is 118 Å². The largest absolute Gasteiger partial charge is 0.274 e. The molecule has 0 N–H and O–H groups in total. The number of carbonyl (C=O) groups excluding carboxylic acids is 2. The lowest BCUT2D eigenvalue weighted by molar-refractivity contribution is 0.0608. The summed E-state index contributed by atoms with van der Waals surface area (Å²) >= 11 is 0. The summed E-state index contributed by atoms with van der Waals surface area (Å²) in [4.78, 5) is 26.7. The Balaban J connectivity index is 1.83. The SMILES string of the molecule is CCCCCCCCCCCCCCCCN(C(=O)c1ccc(F)cc1F)C(=O)c1ccc(F)cc1F. The Morgan fingerprint density at radius 3 is 1.27 bits per heavy atom. The molecule has 0 saturated heterocycles. The summed E-state index contributed by atoms with van der Waals surface area (Å²) in [6.45, 7) is 2.17. The summed E-state index contributed by atoms with van der Waals surface area (Å²) in [6.07, 6.45) is 15.8. The number of benzene rings is 2. The summed E-state index contributed by atoms with van der Waals surface area (Å²) in [5.41, 5.74) is -0.967. The Hall–Kier alpha value is -2.70. The Morgan fingerprint density at radius 1 is 0.568 bits per heavy atom. The van der Waals surface area contributed by atoms with Gasteiger partial charge in [-0.05, 0) is 30.7 Å². The molecule has 2 amide bonds. The molecule has 0 fully saturated rings. The van der Waals surface area contributed by atoms with Crippen molar-refractivity contribution in [2.75, 3.05) is 6.54 Å². The van der Waals surface area contributed by atoms with Gasteiger partial charge in [0, 0.05) is 18.7 Å². The first-order valence-corrected chi connectivity index (χ1v) is 13.6. The van der Waals surface area contributed by atoms with Crippen LogP contribution in [0.5, 0.6) is 0 Å². The zero-order valence-corrected chi connectivity index (χ0v) is 21.8. The van der Waals surface area contributed by atoms with Crippen LogP contribution in [0.3, 0.4) is 0 Å². The minimum atomic E-state index is -1.11. The van der Waals surface area contributed by atoms with Crippen molar-refractivity contribution in [1.82, 2.24) is 4.90 Å². The highest BCUT2D eigenvalue weighted by Crippen LogP contribution is 2.19. The predicted octanol–water partition coefficient (Wildman–Crippen LogP) is 9.01. The maximum absolute atomic E-state index is 14.2. The Kier molecular flexibility index (Phi) is 14.0. The molecule has 0 saturated carbocycles. The Labute approximate surface area is 218 Å². The molecule has 0 aliphatic heterocycles. The van der Waals surface area contributed by atoms with Crippen molar-refractivity contribution in [1.29, 1.82) is 0 Å². The molecule has 0 unspecified atom stereocenters. The highest BCUT2D eigenvalue weighted by molar-refractivity contribution is 6.10. The van der Waals surface area contributed by atoms with Gasteiger partial charge in [0.2, 0.25) is 0 Å². The zero-order valence-electron chi connectivity index (χ0n) is 21.8. The molecule has 0 atom stereocenters. The van der Waals surface area contributed by atoms with Crippen LogP contribution in [0.4, 0.5) is 17.6 Å². The van der Waals surface area contributed by atoms with E-state index in [-0.39, 0.29) is 6.54 Å². The number of carbonyl (C=O) groups is 2. The van der Waals surface area contributed by atoms with Gasteiger partial charge in [-0.15, -0.1) is 0 Å². The van der Waals surface area contributed by atoms with Crippen LogP contribution in [0.15, 0.2) is 36.4 Å². The van der Waals surface area contributed by atoms with Gasteiger partial charge in [-0.3, -0.25) is 14.5 Å². The van der Waals surface area contributed by atoms with E-state index in [1.165, 1.54) is 57.8 Å². The molecule has 2 rings (SSSR count). The Bertz CT molecular complexity index is 932. The maximum Gasteiger partial charge on any atom is 0.263 e. The van der Waals surface area contributed by atoms with Gasteiger partial charge in [0.25, 0.3) is 11.8 Å². The van der Waals surface area contributed by atoms with E-state index in [2.05, 4.69) is 6.92 Å². The second-order valence-electron chi connectivity index (χ2n) is 9.61. The van der Waals surface area contributed by atoms with Gasteiger partial charge < -0.3 is 0 Å². The number of halogens is 4. The lowest BCUT2D eigenvalue weighted by Gasteiger charge is -2.22. The lowest BCUT2D eigenvalue weighted by Crippen LogP contribution is -2.38. The van der Waals surface area contributed by atoms with Crippen LogP contribution in [0, 0.1) is 23.3 Å². The van der Waals surface area contributed by atoms with Crippen LogP contribution < -0.4 is 0 Å². The third-order valence-corrected chi connectivity index (χ3v) is 6.55. The zero-order chi connectivity index (χ0) is 27.0.